The molecule has 1 fully saturated rings. The second kappa shape index (κ2) is 3.13. The molecule has 6 heteroatoms. The lowest BCUT2D eigenvalue weighted by Gasteiger charge is -2.06. The Morgan fingerprint density at radius 2 is 2.36 bits per heavy atom. The molecule has 0 spiro atoms. The van der Waals surface area contributed by atoms with Crippen LogP contribution < -0.4 is 11.1 Å². The lowest BCUT2D eigenvalue weighted by Crippen LogP contribution is -2.07. The van der Waals surface area contributed by atoms with Crippen LogP contribution in [0.25, 0.3) is 0 Å². The molecule has 1 saturated carbocycles. The van der Waals surface area contributed by atoms with Crippen LogP contribution in [0.1, 0.15) is 12.8 Å². The standard InChI is InChI=1S/C8H10N4O2/c9-7-6(11-5-1-2-5)3-4-10-8(7)12(13)14/h3-5H,1-2,9H2,(H,10,11). The number of nitrogens with zero attached hydrogens (tertiary/aromatic N) is 2. The molecule has 0 aromatic carbocycles. The number of nitrogens with two attached hydrogens (primary N) is 1. The summed E-state index contributed by atoms with van der Waals surface area (Å²) in [5, 5.41) is 13.6. The molecular formula is C8H10N4O2. The molecule has 74 valence electrons. The van der Waals surface area contributed by atoms with Crippen molar-refractivity contribution in [3.63, 3.8) is 0 Å². The fourth-order valence-electron chi connectivity index (χ4n) is 1.18. The van der Waals surface area contributed by atoms with Gasteiger partial charge in [-0.3, -0.25) is 0 Å². The summed E-state index contributed by atoms with van der Waals surface area (Å²) in [4.78, 5) is 13.5. The van der Waals surface area contributed by atoms with Gasteiger partial charge in [0.25, 0.3) is 0 Å². The largest absolute Gasteiger partial charge is 0.390 e. The van der Waals surface area contributed by atoms with Crippen LogP contribution in [0, 0.1) is 10.1 Å². The van der Waals surface area contributed by atoms with Crippen LogP contribution in [0.5, 0.6) is 0 Å². The van der Waals surface area contributed by atoms with E-state index >= 15 is 0 Å². The highest BCUT2D eigenvalue weighted by atomic mass is 16.6. The van der Waals surface area contributed by atoms with Gasteiger partial charge < -0.3 is 21.2 Å². The fourth-order valence-corrected chi connectivity index (χ4v) is 1.18. The zero-order chi connectivity index (χ0) is 10.1. The topological polar surface area (TPSA) is 94.1 Å². The number of nitrogen functional groups attached to an aromatic ring is 1. The van der Waals surface area contributed by atoms with Gasteiger partial charge in [0.1, 0.15) is 6.20 Å². The van der Waals surface area contributed by atoms with E-state index in [9.17, 15) is 10.1 Å². The van der Waals surface area contributed by atoms with E-state index in [1.807, 2.05) is 0 Å². The van der Waals surface area contributed by atoms with Crippen molar-refractivity contribution >= 4 is 17.2 Å². The van der Waals surface area contributed by atoms with Gasteiger partial charge in [0.2, 0.25) is 0 Å². The molecule has 0 saturated heterocycles. The van der Waals surface area contributed by atoms with E-state index in [0.29, 0.717) is 11.7 Å². The Labute approximate surface area is 80.3 Å². The normalized spacial score (nSPS) is 15.1. The lowest BCUT2D eigenvalue weighted by atomic mass is 10.3. The SMILES string of the molecule is Nc1c(NC2CC2)ccnc1[N+](=O)[O-]. The van der Waals surface area contributed by atoms with Crippen LogP contribution in [0.4, 0.5) is 17.2 Å². The van der Waals surface area contributed by atoms with Gasteiger partial charge in [-0.25, -0.2) is 0 Å². The molecule has 1 aliphatic rings. The van der Waals surface area contributed by atoms with Gasteiger partial charge in [0.05, 0.1) is 5.69 Å². The summed E-state index contributed by atoms with van der Waals surface area (Å²) >= 11 is 0. The molecule has 1 aromatic heterocycles. The first kappa shape index (κ1) is 8.74. The van der Waals surface area contributed by atoms with Crippen molar-refractivity contribution in [2.24, 2.45) is 0 Å². The van der Waals surface area contributed by atoms with Crippen LogP contribution in [0.3, 0.4) is 0 Å². The Morgan fingerprint density at radius 1 is 1.64 bits per heavy atom. The van der Waals surface area contributed by atoms with Crippen LogP contribution in [0.2, 0.25) is 0 Å². The van der Waals surface area contributed by atoms with E-state index < -0.39 is 4.92 Å². The van der Waals surface area contributed by atoms with E-state index in [1.165, 1.54) is 6.20 Å². The van der Waals surface area contributed by atoms with Gasteiger partial charge >= 0.3 is 5.82 Å². The zero-order valence-electron chi connectivity index (χ0n) is 7.43. The third-order valence-electron chi connectivity index (χ3n) is 2.08. The quantitative estimate of drug-likeness (QED) is 0.556. The molecule has 1 heterocycles. The van der Waals surface area contributed by atoms with E-state index in [4.69, 9.17) is 5.73 Å². The number of nitrogens with one attached hydrogen (secondary N) is 1. The Balaban J connectivity index is 2.30. The molecule has 0 unspecified atom stereocenters. The lowest BCUT2D eigenvalue weighted by molar-refractivity contribution is -0.388. The van der Waals surface area contributed by atoms with Gasteiger partial charge in [-0.2, -0.15) is 0 Å². The molecule has 2 rings (SSSR count). The minimum Gasteiger partial charge on any atom is -0.390 e. The Bertz CT molecular complexity index is 376. The van der Waals surface area contributed by atoms with E-state index in [1.54, 1.807) is 6.07 Å². The van der Waals surface area contributed by atoms with Crippen LogP contribution in [0.15, 0.2) is 12.3 Å². The molecule has 6 nitrogen and oxygen atoms in total. The number of rotatable bonds is 3. The first-order chi connectivity index (χ1) is 6.68. The molecule has 14 heavy (non-hydrogen) atoms. The maximum atomic E-state index is 10.5. The summed E-state index contributed by atoms with van der Waals surface area (Å²) in [5.41, 5.74) is 6.31. The highest BCUT2D eigenvalue weighted by molar-refractivity contribution is 5.73. The van der Waals surface area contributed by atoms with E-state index in [2.05, 4.69) is 10.3 Å². The fraction of sp³-hybridized carbons (Fsp3) is 0.375. The van der Waals surface area contributed by atoms with Crippen LogP contribution in [-0.2, 0) is 0 Å². The number of anilines is 2. The second-order valence-corrected chi connectivity index (χ2v) is 3.27. The molecule has 0 atom stereocenters. The third-order valence-corrected chi connectivity index (χ3v) is 2.08. The van der Waals surface area contributed by atoms with E-state index in [-0.39, 0.29) is 11.5 Å². The summed E-state index contributed by atoms with van der Waals surface area (Å²) in [6, 6.07) is 2.07. The molecule has 0 aliphatic heterocycles. The van der Waals surface area contributed by atoms with Gasteiger partial charge in [0, 0.05) is 12.1 Å². The smallest absolute Gasteiger partial charge is 0.388 e. The number of hydrogen-bond donors (Lipinski definition) is 2. The Morgan fingerprint density at radius 3 is 2.93 bits per heavy atom. The third kappa shape index (κ3) is 1.59. The van der Waals surface area contributed by atoms with Gasteiger partial charge in [-0.05, 0) is 22.7 Å². The second-order valence-electron chi connectivity index (χ2n) is 3.27. The first-order valence-electron chi connectivity index (χ1n) is 4.34. The van der Waals surface area contributed by atoms with Gasteiger partial charge in [0.15, 0.2) is 5.69 Å². The van der Waals surface area contributed by atoms with Gasteiger partial charge in [-0.15, -0.1) is 0 Å². The van der Waals surface area contributed by atoms with Crippen molar-refractivity contribution < 1.29 is 4.92 Å². The average molecular weight is 194 g/mol. The van der Waals surface area contributed by atoms with Crippen molar-refractivity contribution in [3.05, 3.63) is 22.4 Å². The van der Waals surface area contributed by atoms with Gasteiger partial charge in [-0.1, -0.05) is 0 Å². The maximum absolute atomic E-state index is 10.5. The summed E-state index contributed by atoms with van der Waals surface area (Å²) in [6.45, 7) is 0. The number of hydrogen-bond acceptors (Lipinski definition) is 5. The molecule has 0 amide bonds. The highest BCUT2D eigenvalue weighted by Crippen LogP contribution is 2.31. The molecule has 1 aromatic rings. The molecule has 0 radical (unpaired) electrons. The van der Waals surface area contributed by atoms with Crippen molar-refractivity contribution in [2.75, 3.05) is 11.1 Å². The predicted molar refractivity (Wildman–Crippen MR) is 51.9 cm³/mol. The van der Waals surface area contributed by atoms with Crippen molar-refractivity contribution in [1.29, 1.82) is 0 Å². The van der Waals surface area contributed by atoms with Crippen LogP contribution in [-0.4, -0.2) is 15.9 Å². The van der Waals surface area contributed by atoms with Crippen molar-refractivity contribution in [1.82, 2.24) is 4.98 Å². The summed E-state index contributed by atoms with van der Waals surface area (Å²) in [7, 11) is 0. The molecule has 0 bridgehead atoms. The number of aromatic nitrogens is 1. The summed E-state index contributed by atoms with van der Waals surface area (Å²) < 4.78 is 0. The van der Waals surface area contributed by atoms with Crippen LogP contribution >= 0.6 is 0 Å². The molecule has 3 N–H and O–H groups in total. The Hall–Kier alpha value is -1.85. The minimum absolute atomic E-state index is 0.115. The predicted octanol–water partition coefficient (Wildman–Crippen LogP) is 1.15. The van der Waals surface area contributed by atoms with Crippen molar-refractivity contribution in [3.8, 4) is 0 Å². The number of nitro groups is 1. The average Bonchev–Trinajstić information content (AvgIpc) is 2.92. The minimum atomic E-state index is -0.576. The molecular weight excluding hydrogens is 184 g/mol. The summed E-state index contributed by atoms with van der Waals surface area (Å²) in [6.07, 6.45) is 3.57. The summed E-state index contributed by atoms with van der Waals surface area (Å²) in [5.74, 6) is -0.282. The number of pyridine rings is 1. The van der Waals surface area contributed by atoms with E-state index in [0.717, 1.165) is 12.8 Å². The molecule has 1 aliphatic carbocycles. The highest BCUT2D eigenvalue weighted by Gasteiger charge is 2.24. The first-order valence-corrected chi connectivity index (χ1v) is 4.34. The Kier molecular flexibility index (Phi) is 1.95. The zero-order valence-corrected chi connectivity index (χ0v) is 7.43. The monoisotopic (exact) mass is 194 g/mol. The van der Waals surface area contributed by atoms with Crippen molar-refractivity contribution in [2.45, 2.75) is 18.9 Å². The maximum Gasteiger partial charge on any atom is 0.388 e.